The predicted molar refractivity (Wildman–Crippen MR) is 86.2 cm³/mol. The smallest absolute Gasteiger partial charge is 0.131 e. The summed E-state index contributed by atoms with van der Waals surface area (Å²) in [7, 11) is 0. The van der Waals surface area contributed by atoms with E-state index in [2.05, 4.69) is 20.0 Å². The van der Waals surface area contributed by atoms with Gasteiger partial charge in [-0.1, -0.05) is 12.1 Å². The van der Waals surface area contributed by atoms with Crippen LogP contribution in [0.15, 0.2) is 24.3 Å². The lowest BCUT2D eigenvalue weighted by atomic mass is 10.2. The Balaban J connectivity index is 1.53. The van der Waals surface area contributed by atoms with Crippen LogP contribution in [0.25, 0.3) is 0 Å². The third-order valence-corrected chi connectivity index (χ3v) is 4.73. The predicted octanol–water partition coefficient (Wildman–Crippen LogP) is 2.69. The van der Waals surface area contributed by atoms with Crippen LogP contribution in [0.4, 0.5) is 4.39 Å². The van der Waals surface area contributed by atoms with Gasteiger partial charge in [0, 0.05) is 19.6 Å². The van der Waals surface area contributed by atoms with Crippen molar-refractivity contribution in [1.82, 2.24) is 20.0 Å². The van der Waals surface area contributed by atoms with E-state index in [9.17, 15) is 4.39 Å². The fourth-order valence-corrected chi connectivity index (χ4v) is 3.58. The van der Waals surface area contributed by atoms with Gasteiger partial charge >= 0.3 is 0 Å². The second kappa shape index (κ2) is 7.26. The lowest BCUT2D eigenvalue weighted by Crippen LogP contribution is -2.30. The van der Waals surface area contributed by atoms with E-state index >= 15 is 0 Å². The van der Waals surface area contributed by atoms with E-state index in [1.807, 2.05) is 13.0 Å². The molecule has 1 fully saturated rings. The minimum Gasteiger partial charge on any atom is -0.298 e. The first-order valence-corrected chi connectivity index (χ1v) is 8.49. The molecular weight excluding hydrogens is 299 g/mol. The fraction of sp³-hybridized carbons (Fsp3) is 0.500. The van der Waals surface area contributed by atoms with Crippen LogP contribution in [-0.2, 0) is 13.1 Å². The quantitative estimate of drug-likeness (QED) is 0.867. The Hall–Kier alpha value is -1.37. The van der Waals surface area contributed by atoms with Crippen LogP contribution in [-0.4, -0.2) is 46.2 Å². The summed E-state index contributed by atoms with van der Waals surface area (Å²) in [5.41, 5.74) is 1.05. The molecule has 0 aliphatic carbocycles. The number of halogens is 1. The van der Waals surface area contributed by atoms with Gasteiger partial charge in [-0.25, -0.2) is 4.39 Å². The van der Waals surface area contributed by atoms with Crippen LogP contribution in [0.5, 0.6) is 0 Å². The summed E-state index contributed by atoms with van der Waals surface area (Å²) in [5, 5.41) is 10.4. The molecule has 0 saturated carbocycles. The number of rotatable bonds is 4. The highest BCUT2D eigenvalue weighted by Gasteiger charge is 2.16. The second-order valence-electron chi connectivity index (χ2n) is 5.75. The minimum atomic E-state index is -0.152. The molecule has 0 radical (unpaired) electrons. The molecule has 4 nitrogen and oxygen atoms in total. The van der Waals surface area contributed by atoms with Crippen LogP contribution in [0.2, 0.25) is 0 Å². The molecule has 1 saturated heterocycles. The van der Waals surface area contributed by atoms with Crippen LogP contribution < -0.4 is 0 Å². The Labute approximate surface area is 134 Å². The van der Waals surface area contributed by atoms with Crippen molar-refractivity contribution >= 4 is 11.3 Å². The molecule has 0 spiro atoms. The number of benzene rings is 1. The Bertz CT molecular complexity index is 616. The van der Waals surface area contributed by atoms with Gasteiger partial charge in [-0.05, 0) is 44.1 Å². The van der Waals surface area contributed by atoms with Crippen molar-refractivity contribution in [2.45, 2.75) is 26.4 Å². The Morgan fingerprint density at radius 2 is 1.86 bits per heavy atom. The van der Waals surface area contributed by atoms with Gasteiger partial charge in [-0.15, -0.1) is 21.5 Å². The van der Waals surface area contributed by atoms with Gasteiger partial charge in [0.2, 0.25) is 0 Å². The molecule has 0 unspecified atom stereocenters. The zero-order chi connectivity index (χ0) is 15.4. The second-order valence-corrected chi connectivity index (χ2v) is 7.02. The minimum absolute atomic E-state index is 0.152. The van der Waals surface area contributed by atoms with Gasteiger partial charge < -0.3 is 0 Å². The normalized spacial score (nSPS) is 17.5. The average Bonchev–Trinajstić information content (AvgIpc) is 2.76. The van der Waals surface area contributed by atoms with Crippen molar-refractivity contribution in [3.63, 3.8) is 0 Å². The largest absolute Gasteiger partial charge is 0.298 e. The van der Waals surface area contributed by atoms with E-state index in [-0.39, 0.29) is 5.82 Å². The van der Waals surface area contributed by atoms with Gasteiger partial charge in [0.15, 0.2) is 0 Å². The molecule has 2 aromatic rings. The first-order chi connectivity index (χ1) is 10.7. The maximum absolute atomic E-state index is 13.3. The molecule has 6 heteroatoms. The van der Waals surface area contributed by atoms with E-state index in [1.165, 1.54) is 6.07 Å². The highest BCUT2D eigenvalue weighted by molar-refractivity contribution is 7.11. The molecule has 118 valence electrons. The summed E-state index contributed by atoms with van der Waals surface area (Å²) >= 11 is 1.67. The van der Waals surface area contributed by atoms with E-state index in [4.69, 9.17) is 0 Å². The molecule has 1 aliphatic rings. The summed E-state index contributed by atoms with van der Waals surface area (Å²) in [6, 6.07) is 6.91. The lowest BCUT2D eigenvalue weighted by Gasteiger charge is -2.21. The Kier molecular flexibility index (Phi) is 5.12. The molecule has 0 N–H and O–H groups in total. The number of aromatic nitrogens is 2. The fourth-order valence-electron chi connectivity index (χ4n) is 2.83. The van der Waals surface area contributed by atoms with Crippen molar-refractivity contribution in [2.75, 3.05) is 26.2 Å². The molecule has 1 aromatic heterocycles. The summed E-state index contributed by atoms with van der Waals surface area (Å²) in [5.74, 6) is -0.152. The van der Waals surface area contributed by atoms with E-state index in [0.717, 1.165) is 61.3 Å². The van der Waals surface area contributed by atoms with E-state index in [0.29, 0.717) is 0 Å². The maximum Gasteiger partial charge on any atom is 0.131 e. The Morgan fingerprint density at radius 1 is 1.09 bits per heavy atom. The topological polar surface area (TPSA) is 32.3 Å². The average molecular weight is 320 g/mol. The van der Waals surface area contributed by atoms with Crippen molar-refractivity contribution in [3.8, 4) is 0 Å². The highest BCUT2D eigenvalue weighted by atomic mass is 32.1. The number of hydrogen-bond donors (Lipinski definition) is 0. The third kappa shape index (κ3) is 4.32. The van der Waals surface area contributed by atoms with Crippen molar-refractivity contribution in [2.24, 2.45) is 0 Å². The first kappa shape index (κ1) is 15.5. The maximum atomic E-state index is 13.3. The summed E-state index contributed by atoms with van der Waals surface area (Å²) in [6.07, 6.45) is 1.13. The van der Waals surface area contributed by atoms with Crippen LogP contribution in [0.1, 0.15) is 22.0 Å². The van der Waals surface area contributed by atoms with Crippen LogP contribution >= 0.6 is 11.3 Å². The highest BCUT2D eigenvalue weighted by Crippen LogP contribution is 2.14. The SMILES string of the molecule is Cc1nnc(CN2CCCN(Cc3cccc(F)c3)CC2)s1. The summed E-state index contributed by atoms with van der Waals surface area (Å²) in [4.78, 5) is 4.84. The van der Waals surface area contributed by atoms with Crippen molar-refractivity contribution in [1.29, 1.82) is 0 Å². The number of nitrogens with zero attached hydrogens (tertiary/aromatic N) is 4. The Morgan fingerprint density at radius 3 is 2.55 bits per heavy atom. The lowest BCUT2D eigenvalue weighted by molar-refractivity contribution is 0.246. The summed E-state index contributed by atoms with van der Waals surface area (Å²) < 4.78 is 13.3. The van der Waals surface area contributed by atoms with Gasteiger partial charge in [0.1, 0.15) is 15.8 Å². The molecule has 2 heterocycles. The number of hydrogen-bond acceptors (Lipinski definition) is 5. The van der Waals surface area contributed by atoms with E-state index < -0.39 is 0 Å². The van der Waals surface area contributed by atoms with Gasteiger partial charge in [-0.3, -0.25) is 9.80 Å². The van der Waals surface area contributed by atoms with Crippen molar-refractivity contribution in [3.05, 3.63) is 45.7 Å². The van der Waals surface area contributed by atoms with E-state index in [1.54, 1.807) is 23.5 Å². The molecule has 0 bridgehead atoms. The molecule has 1 aromatic carbocycles. The summed E-state index contributed by atoms with van der Waals surface area (Å²) in [6.45, 7) is 7.87. The van der Waals surface area contributed by atoms with Crippen LogP contribution in [0, 0.1) is 12.7 Å². The van der Waals surface area contributed by atoms with Crippen LogP contribution in [0.3, 0.4) is 0 Å². The molecule has 1 aliphatic heterocycles. The molecule has 0 atom stereocenters. The molecule has 0 amide bonds. The van der Waals surface area contributed by atoms with Gasteiger partial charge in [0.25, 0.3) is 0 Å². The third-order valence-electron chi connectivity index (χ3n) is 3.90. The monoisotopic (exact) mass is 320 g/mol. The molecule has 22 heavy (non-hydrogen) atoms. The van der Waals surface area contributed by atoms with Crippen molar-refractivity contribution < 1.29 is 4.39 Å². The number of aryl methyl sites for hydroxylation is 1. The standard InChI is InChI=1S/C16H21FN4S/c1-13-18-19-16(22-13)12-21-7-3-6-20(8-9-21)11-14-4-2-5-15(17)10-14/h2,4-5,10H,3,6-9,11-12H2,1H3. The van der Waals surface area contributed by atoms with Gasteiger partial charge in [-0.2, -0.15) is 0 Å². The molecule has 3 rings (SSSR count). The van der Waals surface area contributed by atoms with Gasteiger partial charge in [0.05, 0.1) is 6.54 Å². The zero-order valence-corrected chi connectivity index (χ0v) is 13.7. The first-order valence-electron chi connectivity index (χ1n) is 7.67. The molecular formula is C16H21FN4S. The zero-order valence-electron chi connectivity index (χ0n) is 12.8.